The van der Waals surface area contributed by atoms with Crippen molar-refractivity contribution in [2.24, 2.45) is 0 Å². The average molecular weight is 541 g/mol. The van der Waals surface area contributed by atoms with Gasteiger partial charge in [0, 0.05) is 24.0 Å². The Kier molecular flexibility index (Phi) is 10.3. The summed E-state index contributed by atoms with van der Waals surface area (Å²) in [5.41, 5.74) is 1.79. The van der Waals surface area contributed by atoms with E-state index in [-0.39, 0.29) is 24.8 Å². The molecule has 5 nitrogen and oxygen atoms in total. The molecule has 0 saturated carbocycles. The lowest BCUT2D eigenvalue weighted by atomic mass is 10.0. The Balaban J connectivity index is 1.89. The van der Waals surface area contributed by atoms with E-state index < -0.39 is 17.8 Å². The van der Waals surface area contributed by atoms with E-state index in [2.05, 4.69) is 28.2 Å². The van der Waals surface area contributed by atoms with Gasteiger partial charge in [-0.15, -0.1) is 0 Å². The van der Waals surface area contributed by atoms with Crippen molar-refractivity contribution < 1.29 is 18.7 Å². The summed E-state index contributed by atoms with van der Waals surface area (Å²) in [6.07, 6.45) is 2.14. The van der Waals surface area contributed by atoms with Crippen LogP contribution in [-0.2, 0) is 22.6 Å². The summed E-state index contributed by atoms with van der Waals surface area (Å²) in [6.45, 7) is 2.40. The second-order valence-electron chi connectivity index (χ2n) is 8.22. The second kappa shape index (κ2) is 13.6. The molecule has 0 spiro atoms. The first-order chi connectivity index (χ1) is 17.0. The lowest BCUT2D eigenvalue weighted by Crippen LogP contribution is -2.51. The zero-order valence-corrected chi connectivity index (χ0v) is 21.3. The SMILES string of the molecule is CCCCNC(=O)[C@H](Cc1ccccc1)N(Cc1cccc(Br)c1)C(=O)COc1ccccc1F. The second-order valence-corrected chi connectivity index (χ2v) is 9.14. The van der Waals surface area contributed by atoms with Crippen LogP contribution in [0.5, 0.6) is 5.75 Å². The molecule has 0 saturated heterocycles. The molecule has 0 aliphatic heterocycles. The van der Waals surface area contributed by atoms with E-state index >= 15 is 0 Å². The molecule has 184 valence electrons. The van der Waals surface area contributed by atoms with Crippen molar-refractivity contribution in [1.29, 1.82) is 0 Å². The molecule has 2 amide bonds. The van der Waals surface area contributed by atoms with Crippen molar-refractivity contribution in [3.05, 3.63) is 100 Å². The van der Waals surface area contributed by atoms with Crippen LogP contribution >= 0.6 is 15.9 Å². The number of hydrogen-bond acceptors (Lipinski definition) is 3. The molecule has 1 atom stereocenters. The van der Waals surface area contributed by atoms with E-state index in [9.17, 15) is 14.0 Å². The molecule has 0 aliphatic rings. The molecule has 0 unspecified atom stereocenters. The number of benzene rings is 3. The first-order valence-corrected chi connectivity index (χ1v) is 12.5. The number of nitrogens with one attached hydrogen (secondary N) is 1. The van der Waals surface area contributed by atoms with E-state index in [0.29, 0.717) is 13.0 Å². The monoisotopic (exact) mass is 540 g/mol. The van der Waals surface area contributed by atoms with Crippen LogP contribution in [0.2, 0.25) is 0 Å². The smallest absolute Gasteiger partial charge is 0.261 e. The van der Waals surface area contributed by atoms with Crippen LogP contribution in [0.25, 0.3) is 0 Å². The molecule has 35 heavy (non-hydrogen) atoms. The largest absolute Gasteiger partial charge is 0.481 e. The van der Waals surface area contributed by atoms with Gasteiger partial charge in [0.15, 0.2) is 18.2 Å². The summed E-state index contributed by atoms with van der Waals surface area (Å²) in [7, 11) is 0. The third-order valence-corrected chi connectivity index (χ3v) is 6.02. The topological polar surface area (TPSA) is 58.6 Å². The number of carbonyl (C=O) groups excluding carboxylic acids is 2. The van der Waals surface area contributed by atoms with Gasteiger partial charge >= 0.3 is 0 Å². The molecule has 0 aromatic heterocycles. The predicted octanol–water partition coefficient (Wildman–Crippen LogP) is 5.52. The Morgan fingerprint density at radius 1 is 1.00 bits per heavy atom. The van der Waals surface area contributed by atoms with Gasteiger partial charge in [0.2, 0.25) is 5.91 Å². The van der Waals surface area contributed by atoms with Crippen LogP contribution in [-0.4, -0.2) is 35.9 Å². The molecule has 3 aromatic carbocycles. The molecular weight excluding hydrogens is 511 g/mol. The lowest BCUT2D eigenvalue weighted by molar-refractivity contribution is -0.142. The van der Waals surface area contributed by atoms with Crippen molar-refractivity contribution in [2.45, 2.75) is 38.8 Å². The number of carbonyl (C=O) groups is 2. The predicted molar refractivity (Wildman–Crippen MR) is 138 cm³/mol. The van der Waals surface area contributed by atoms with Gasteiger partial charge in [0.05, 0.1) is 0 Å². The van der Waals surface area contributed by atoms with Gasteiger partial charge in [-0.3, -0.25) is 9.59 Å². The molecule has 0 bridgehead atoms. The number of hydrogen-bond donors (Lipinski definition) is 1. The standard InChI is InChI=1S/C28H30BrFN2O3/c1-2-3-16-31-28(34)25(18-21-10-5-4-6-11-21)32(19-22-12-9-13-23(29)17-22)27(33)20-35-26-15-8-7-14-24(26)30/h4-15,17,25H,2-3,16,18-20H2,1H3,(H,31,34)/t25-/m0/s1. The number of rotatable bonds is 12. The molecule has 0 heterocycles. The molecule has 1 N–H and O–H groups in total. The Bertz CT molecular complexity index is 1110. The van der Waals surface area contributed by atoms with Crippen LogP contribution in [0.1, 0.15) is 30.9 Å². The fourth-order valence-electron chi connectivity index (χ4n) is 3.68. The molecule has 0 radical (unpaired) electrons. The maximum absolute atomic E-state index is 14.1. The Hall–Kier alpha value is -3.19. The van der Waals surface area contributed by atoms with E-state index in [0.717, 1.165) is 28.4 Å². The van der Waals surface area contributed by atoms with Crippen molar-refractivity contribution in [3.63, 3.8) is 0 Å². The van der Waals surface area contributed by atoms with Gasteiger partial charge in [-0.2, -0.15) is 0 Å². The molecule has 3 aromatic rings. The molecule has 3 rings (SSSR count). The summed E-state index contributed by atoms with van der Waals surface area (Å²) in [5.74, 6) is -1.18. The third-order valence-electron chi connectivity index (χ3n) is 5.53. The number of unbranched alkanes of at least 4 members (excludes halogenated alkanes) is 1. The summed E-state index contributed by atoms with van der Waals surface area (Å²) >= 11 is 3.47. The lowest BCUT2D eigenvalue weighted by Gasteiger charge is -2.31. The number of halogens is 2. The summed E-state index contributed by atoms with van der Waals surface area (Å²) < 4.78 is 20.4. The van der Waals surface area contributed by atoms with E-state index in [1.54, 1.807) is 12.1 Å². The van der Waals surface area contributed by atoms with Gasteiger partial charge < -0.3 is 15.0 Å². The summed E-state index contributed by atoms with van der Waals surface area (Å²) in [5, 5.41) is 2.98. The maximum atomic E-state index is 14.1. The van der Waals surface area contributed by atoms with Crippen LogP contribution in [0.15, 0.2) is 83.3 Å². The summed E-state index contributed by atoms with van der Waals surface area (Å²) in [4.78, 5) is 28.3. The maximum Gasteiger partial charge on any atom is 0.261 e. The normalized spacial score (nSPS) is 11.5. The molecule has 7 heteroatoms. The minimum Gasteiger partial charge on any atom is -0.481 e. The minimum atomic E-state index is -0.759. The first kappa shape index (κ1) is 26.4. The number of amides is 2. The Morgan fingerprint density at radius 2 is 1.71 bits per heavy atom. The number of ether oxygens (including phenoxy) is 1. The van der Waals surface area contributed by atoms with Gasteiger partial charge in [-0.25, -0.2) is 4.39 Å². The van der Waals surface area contributed by atoms with Crippen LogP contribution < -0.4 is 10.1 Å². The number of para-hydroxylation sites is 1. The van der Waals surface area contributed by atoms with Crippen LogP contribution in [0.3, 0.4) is 0 Å². The van der Waals surface area contributed by atoms with Crippen molar-refractivity contribution in [3.8, 4) is 5.75 Å². The van der Waals surface area contributed by atoms with E-state index in [4.69, 9.17) is 4.74 Å². The highest BCUT2D eigenvalue weighted by Gasteiger charge is 2.30. The zero-order chi connectivity index (χ0) is 25.0. The minimum absolute atomic E-state index is 0.00439. The van der Waals surface area contributed by atoms with Crippen molar-refractivity contribution in [1.82, 2.24) is 10.2 Å². The Labute approximate surface area is 214 Å². The highest BCUT2D eigenvalue weighted by molar-refractivity contribution is 9.10. The van der Waals surface area contributed by atoms with E-state index in [1.807, 2.05) is 54.6 Å². The highest BCUT2D eigenvalue weighted by Crippen LogP contribution is 2.19. The molecule has 0 aliphatic carbocycles. The fraction of sp³-hybridized carbons (Fsp3) is 0.286. The number of nitrogens with zero attached hydrogens (tertiary/aromatic N) is 1. The third kappa shape index (κ3) is 8.21. The molecular formula is C28H30BrFN2O3. The summed E-state index contributed by atoms with van der Waals surface area (Å²) in [6, 6.07) is 22.4. The highest BCUT2D eigenvalue weighted by atomic mass is 79.9. The molecule has 0 fully saturated rings. The van der Waals surface area contributed by atoms with Crippen molar-refractivity contribution >= 4 is 27.7 Å². The van der Waals surface area contributed by atoms with Gasteiger partial charge in [0.1, 0.15) is 6.04 Å². The quantitative estimate of drug-likeness (QED) is 0.307. The fourth-order valence-corrected chi connectivity index (χ4v) is 4.12. The van der Waals surface area contributed by atoms with Crippen LogP contribution in [0, 0.1) is 5.82 Å². The van der Waals surface area contributed by atoms with Gasteiger partial charge in [-0.1, -0.05) is 83.9 Å². The van der Waals surface area contributed by atoms with Gasteiger partial charge in [0.25, 0.3) is 5.91 Å². The van der Waals surface area contributed by atoms with E-state index in [1.165, 1.54) is 17.0 Å². The zero-order valence-electron chi connectivity index (χ0n) is 19.8. The Morgan fingerprint density at radius 3 is 2.43 bits per heavy atom. The average Bonchev–Trinajstić information content (AvgIpc) is 2.86. The first-order valence-electron chi connectivity index (χ1n) is 11.7. The van der Waals surface area contributed by atoms with Crippen LogP contribution in [0.4, 0.5) is 4.39 Å². The van der Waals surface area contributed by atoms with Gasteiger partial charge in [-0.05, 0) is 41.8 Å². The van der Waals surface area contributed by atoms with Crippen molar-refractivity contribution in [2.75, 3.05) is 13.2 Å².